The van der Waals surface area contributed by atoms with Crippen molar-refractivity contribution in [2.75, 3.05) is 5.32 Å². The molecule has 0 fully saturated rings. The van der Waals surface area contributed by atoms with Crippen molar-refractivity contribution in [3.8, 4) is 11.4 Å². The molecule has 0 saturated heterocycles. The smallest absolute Gasteiger partial charge is 0.259 e. The number of carbonyl (C=O) groups excluding carboxylic acids is 1. The number of halogens is 2. The van der Waals surface area contributed by atoms with Crippen molar-refractivity contribution in [1.82, 2.24) is 9.78 Å². The Labute approximate surface area is 161 Å². The second-order valence-corrected chi connectivity index (χ2v) is 6.71. The molecule has 0 spiro atoms. The van der Waals surface area contributed by atoms with Gasteiger partial charge in [0.15, 0.2) is 0 Å². The Morgan fingerprint density at radius 2 is 1.93 bits per heavy atom. The molecule has 0 aliphatic rings. The van der Waals surface area contributed by atoms with Gasteiger partial charge in [-0.3, -0.25) is 4.79 Å². The van der Waals surface area contributed by atoms with Gasteiger partial charge >= 0.3 is 0 Å². The molecule has 0 radical (unpaired) electrons. The van der Waals surface area contributed by atoms with Crippen LogP contribution in [0.2, 0.25) is 5.02 Å². The predicted octanol–water partition coefficient (Wildman–Crippen LogP) is 5.01. The fourth-order valence-electron chi connectivity index (χ4n) is 2.60. The van der Waals surface area contributed by atoms with Crippen molar-refractivity contribution < 1.29 is 13.9 Å². The van der Waals surface area contributed by atoms with Crippen molar-refractivity contribution in [3.05, 3.63) is 70.8 Å². The van der Waals surface area contributed by atoms with Gasteiger partial charge in [-0.05, 0) is 63.2 Å². The third kappa shape index (κ3) is 4.28. The van der Waals surface area contributed by atoms with Crippen LogP contribution in [0.4, 0.5) is 10.1 Å². The molecule has 0 atom stereocenters. The molecule has 0 saturated carbocycles. The minimum Gasteiger partial charge on any atom is -0.489 e. The van der Waals surface area contributed by atoms with Crippen molar-refractivity contribution in [2.24, 2.45) is 0 Å². The Balaban J connectivity index is 1.79. The van der Waals surface area contributed by atoms with Crippen LogP contribution in [-0.4, -0.2) is 21.8 Å². The minimum atomic E-state index is -0.330. The lowest BCUT2D eigenvalue weighted by atomic mass is 10.2. The molecule has 1 aromatic heterocycles. The van der Waals surface area contributed by atoms with Crippen LogP contribution in [0.15, 0.2) is 48.7 Å². The quantitative estimate of drug-likeness (QED) is 0.669. The SMILES string of the molecule is Cc1c(C(=O)Nc2ccc(OC(C)C)c(Cl)c2)cnn1-c1ccc(F)cc1. The predicted molar refractivity (Wildman–Crippen MR) is 103 cm³/mol. The van der Waals surface area contributed by atoms with E-state index in [0.29, 0.717) is 33.4 Å². The summed E-state index contributed by atoms with van der Waals surface area (Å²) in [5.74, 6) is -0.0808. The monoisotopic (exact) mass is 387 g/mol. The summed E-state index contributed by atoms with van der Waals surface area (Å²) in [7, 11) is 0. The van der Waals surface area contributed by atoms with Crippen LogP contribution in [0.25, 0.3) is 5.69 Å². The highest BCUT2D eigenvalue weighted by molar-refractivity contribution is 6.32. The van der Waals surface area contributed by atoms with Crippen LogP contribution in [0.5, 0.6) is 5.75 Å². The van der Waals surface area contributed by atoms with Crippen LogP contribution in [-0.2, 0) is 0 Å². The highest BCUT2D eigenvalue weighted by atomic mass is 35.5. The van der Waals surface area contributed by atoms with E-state index < -0.39 is 0 Å². The van der Waals surface area contributed by atoms with Crippen molar-refractivity contribution >= 4 is 23.2 Å². The first-order valence-corrected chi connectivity index (χ1v) is 8.81. The first-order chi connectivity index (χ1) is 12.8. The van der Waals surface area contributed by atoms with Gasteiger partial charge in [0.1, 0.15) is 11.6 Å². The summed E-state index contributed by atoms with van der Waals surface area (Å²) >= 11 is 6.21. The number of nitrogens with one attached hydrogen (secondary N) is 1. The molecule has 3 rings (SSSR count). The maximum atomic E-state index is 13.1. The second-order valence-electron chi connectivity index (χ2n) is 6.30. The Bertz CT molecular complexity index is 968. The topological polar surface area (TPSA) is 56.1 Å². The minimum absolute atomic E-state index is 0.00268. The van der Waals surface area contributed by atoms with E-state index >= 15 is 0 Å². The molecular formula is C20H19ClFN3O2. The normalized spacial score (nSPS) is 10.9. The fourth-order valence-corrected chi connectivity index (χ4v) is 2.83. The molecule has 1 N–H and O–H groups in total. The zero-order valence-electron chi connectivity index (χ0n) is 15.2. The molecule has 27 heavy (non-hydrogen) atoms. The lowest BCUT2D eigenvalue weighted by Gasteiger charge is -2.12. The van der Waals surface area contributed by atoms with Gasteiger partial charge in [0.2, 0.25) is 0 Å². The maximum absolute atomic E-state index is 13.1. The van der Waals surface area contributed by atoms with Crippen LogP contribution in [0.1, 0.15) is 29.9 Å². The number of amides is 1. The van der Waals surface area contributed by atoms with E-state index in [9.17, 15) is 9.18 Å². The molecular weight excluding hydrogens is 369 g/mol. The molecule has 140 valence electrons. The number of hydrogen-bond acceptors (Lipinski definition) is 3. The van der Waals surface area contributed by atoms with E-state index in [1.165, 1.54) is 18.3 Å². The molecule has 7 heteroatoms. The summed E-state index contributed by atoms with van der Waals surface area (Å²) in [4.78, 5) is 12.6. The summed E-state index contributed by atoms with van der Waals surface area (Å²) in [5, 5.41) is 7.45. The highest BCUT2D eigenvalue weighted by Gasteiger charge is 2.16. The number of ether oxygens (including phenoxy) is 1. The van der Waals surface area contributed by atoms with Gasteiger partial charge < -0.3 is 10.1 Å². The average molecular weight is 388 g/mol. The summed E-state index contributed by atoms with van der Waals surface area (Å²) < 4.78 is 20.3. The summed E-state index contributed by atoms with van der Waals surface area (Å²) in [5.41, 5.74) is 2.28. The molecule has 0 aliphatic carbocycles. The molecule has 2 aromatic carbocycles. The largest absolute Gasteiger partial charge is 0.489 e. The molecule has 0 unspecified atom stereocenters. The van der Waals surface area contributed by atoms with Crippen LogP contribution in [0, 0.1) is 12.7 Å². The first kappa shape index (κ1) is 18.9. The number of hydrogen-bond donors (Lipinski definition) is 1. The summed E-state index contributed by atoms with van der Waals surface area (Å²) in [6.45, 7) is 5.60. The number of carbonyl (C=O) groups is 1. The zero-order valence-corrected chi connectivity index (χ0v) is 15.9. The fraction of sp³-hybridized carbons (Fsp3) is 0.200. The van der Waals surface area contributed by atoms with Gasteiger partial charge in [0.05, 0.1) is 34.3 Å². The van der Waals surface area contributed by atoms with Gasteiger partial charge in [0, 0.05) is 5.69 Å². The number of rotatable bonds is 5. The highest BCUT2D eigenvalue weighted by Crippen LogP contribution is 2.29. The van der Waals surface area contributed by atoms with Gasteiger partial charge in [0.25, 0.3) is 5.91 Å². The van der Waals surface area contributed by atoms with Gasteiger partial charge in [-0.1, -0.05) is 11.6 Å². The summed E-state index contributed by atoms with van der Waals surface area (Å²) in [6.07, 6.45) is 1.48. The lowest BCUT2D eigenvalue weighted by molar-refractivity contribution is 0.102. The standard InChI is InChI=1S/C20H19ClFN3O2/c1-12(2)27-19-9-6-15(10-18(19)21)24-20(26)17-11-23-25(13(17)3)16-7-4-14(22)5-8-16/h4-12H,1-3H3,(H,24,26). The second kappa shape index (κ2) is 7.80. The Morgan fingerprint density at radius 3 is 2.56 bits per heavy atom. The van der Waals surface area contributed by atoms with Crippen LogP contribution < -0.4 is 10.1 Å². The van der Waals surface area contributed by atoms with Crippen molar-refractivity contribution in [2.45, 2.75) is 26.9 Å². The van der Waals surface area contributed by atoms with Crippen LogP contribution in [0.3, 0.4) is 0 Å². The first-order valence-electron chi connectivity index (χ1n) is 8.43. The molecule has 1 heterocycles. The number of nitrogens with zero attached hydrogens (tertiary/aromatic N) is 2. The van der Waals surface area contributed by atoms with Crippen molar-refractivity contribution in [1.29, 1.82) is 0 Å². The van der Waals surface area contributed by atoms with Gasteiger partial charge in [-0.2, -0.15) is 5.10 Å². The van der Waals surface area contributed by atoms with E-state index in [-0.39, 0.29) is 17.8 Å². The molecule has 0 aliphatic heterocycles. The van der Waals surface area contributed by atoms with E-state index in [2.05, 4.69) is 10.4 Å². The number of anilines is 1. The molecule has 1 amide bonds. The van der Waals surface area contributed by atoms with Crippen molar-refractivity contribution in [3.63, 3.8) is 0 Å². The average Bonchev–Trinajstić information content (AvgIpc) is 2.99. The van der Waals surface area contributed by atoms with E-state index in [4.69, 9.17) is 16.3 Å². The van der Waals surface area contributed by atoms with Crippen LogP contribution >= 0.6 is 11.6 Å². The van der Waals surface area contributed by atoms with E-state index in [0.717, 1.165) is 0 Å². The molecule has 0 bridgehead atoms. The molecule has 3 aromatic rings. The number of benzene rings is 2. The maximum Gasteiger partial charge on any atom is 0.259 e. The third-order valence-electron chi connectivity index (χ3n) is 3.88. The Kier molecular flexibility index (Phi) is 5.46. The summed E-state index contributed by atoms with van der Waals surface area (Å²) in [6, 6.07) is 11.0. The third-order valence-corrected chi connectivity index (χ3v) is 4.17. The Morgan fingerprint density at radius 1 is 1.22 bits per heavy atom. The molecule has 5 nitrogen and oxygen atoms in total. The Hall–Kier alpha value is -2.86. The van der Waals surface area contributed by atoms with E-state index in [1.807, 2.05) is 13.8 Å². The van der Waals surface area contributed by atoms with Gasteiger partial charge in [-0.25, -0.2) is 9.07 Å². The number of aromatic nitrogens is 2. The zero-order chi connectivity index (χ0) is 19.6. The van der Waals surface area contributed by atoms with E-state index in [1.54, 1.807) is 41.9 Å². The van der Waals surface area contributed by atoms with Gasteiger partial charge in [-0.15, -0.1) is 0 Å². The lowest BCUT2D eigenvalue weighted by Crippen LogP contribution is -2.13.